The molecule has 0 spiro atoms. The molecule has 0 aliphatic heterocycles. The van der Waals surface area contributed by atoms with E-state index in [0.717, 1.165) is 11.3 Å². The molecule has 0 amide bonds. The molecule has 0 saturated carbocycles. The van der Waals surface area contributed by atoms with E-state index in [4.69, 9.17) is 10.3 Å². The van der Waals surface area contributed by atoms with Gasteiger partial charge in [-0.2, -0.15) is 4.98 Å². The first-order chi connectivity index (χ1) is 9.69. The number of rotatable bonds is 4. The van der Waals surface area contributed by atoms with Gasteiger partial charge in [-0.25, -0.2) is 9.37 Å². The lowest BCUT2D eigenvalue weighted by molar-refractivity contribution is 0.379. The number of benzene rings is 1. The van der Waals surface area contributed by atoms with E-state index >= 15 is 0 Å². The first-order valence-electron chi connectivity index (χ1n) is 5.95. The first kappa shape index (κ1) is 12.7. The van der Waals surface area contributed by atoms with Gasteiger partial charge in [-0.15, -0.1) is 11.3 Å². The highest BCUT2D eigenvalue weighted by Gasteiger charge is 2.10. The van der Waals surface area contributed by atoms with Crippen LogP contribution in [0.15, 0.2) is 34.2 Å². The van der Waals surface area contributed by atoms with E-state index in [0.29, 0.717) is 29.7 Å². The van der Waals surface area contributed by atoms with Crippen LogP contribution >= 0.6 is 11.3 Å². The van der Waals surface area contributed by atoms with Crippen LogP contribution in [-0.2, 0) is 12.8 Å². The summed E-state index contributed by atoms with van der Waals surface area (Å²) >= 11 is 1.38. The molecule has 5 nitrogen and oxygen atoms in total. The van der Waals surface area contributed by atoms with E-state index in [2.05, 4.69) is 15.1 Å². The minimum Gasteiger partial charge on any atom is -0.375 e. The van der Waals surface area contributed by atoms with Crippen molar-refractivity contribution in [2.24, 2.45) is 0 Å². The molecule has 102 valence electrons. The van der Waals surface area contributed by atoms with Crippen LogP contribution in [0, 0.1) is 5.82 Å². The summed E-state index contributed by atoms with van der Waals surface area (Å²) in [7, 11) is 0. The van der Waals surface area contributed by atoms with Crippen molar-refractivity contribution < 1.29 is 8.91 Å². The molecule has 0 aliphatic rings. The van der Waals surface area contributed by atoms with Gasteiger partial charge in [-0.05, 0) is 17.7 Å². The van der Waals surface area contributed by atoms with Crippen LogP contribution in [0.5, 0.6) is 0 Å². The van der Waals surface area contributed by atoms with E-state index in [1.54, 1.807) is 12.1 Å². The van der Waals surface area contributed by atoms with Gasteiger partial charge >= 0.3 is 0 Å². The molecular formula is C13H11FN4OS. The Hall–Kier alpha value is -2.28. The van der Waals surface area contributed by atoms with Crippen LogP contribution in [-0.4, -0.2) is 15.1 Å². The maximum atomic E-state index is 12.8. The topological polar surface area (TPSA) is 77.8 Å². The van der Waals surface area contributed by atoms with Gasteiger partial charge in [-0.3, -0.25) is 0 Å². The predicted octanol–water partition coefficient (Wildman–Crippen LogP) is 2.43. The fourth-order valence-corrected chi connectivity index (χ4v) is 2.34. The van der Waals surface area contributed by atoms with Gasteiger partial charge in [0, 0.05) is 11.8 Å². The van der Waals surface area contributed by atoms with Gasteiger partial charge in [-0.1, -0.05) is 17.3 Å². The van der Waals surface area contributed by atoms with Gasteiger partial charge in [0.2, 0.25) is 5.89 Å². The summed E-state index contributed by atoms with van der Waals surface area (Å²) < 4.78 is 18.0. The zero-order chi connectivity index (χ0) is 13.9. The van der Waals surface area contributed by atoms with Crippen molar-refractivity contribution in [2.45, 2.75) is 12.8 Å². The van der Waals surface area contributed by atoms with Crippen LogP contribution in [0.4, 0.5) is 9.52 Å². The highest BCUT2D eigenvalue weighted by molar-refractivity contribution is 7.13. The Labute approximate surface area is 118 Å². The molecule has 7 heteroatoms. The normalized spacial score (nSPS) is 10.8. The van der Waals surface area contributed by atoms with E-state index in [-0.39, 0.29) is 5.82 Å². The third kappa shape index (κ3) is 3.00. The molecule has 20 heavy (non-hydrogen) atoms. The van der Waals surface area contributed by atoms with Crippen molar-refractivity contribution in [3.63, 3.8) is 0 Å². The zero-order valence-corrected chi connectivity index (χ0v) is 11.2. The maximum absolute atomic E-state index is 12.8. The maximum Gasteiger partial charge on any atom is 0.232 e. The molecule has 0 unspecified atom stereocenters. The molecule has 0 bridgehead atoms. The molecular weight excluding hydrogens is 279 g/mol. The van der Waals surface area contributed by atoms with Gasteiger partial charge in [0.25, 0.3) is 0 Å². The number of hydrogen-bond donors (Lipinski definition) is 1. The number of halogens is 1. The van der Waals surface area contributed by atoms with Gasteiger partial charge in [0.1, 0.15) is 5.82 Å². The minimum atomic E-state index is -0.260. The Morgan fingerprint density at radius 2 is 1.95 bits per heavy atom. The number of thiazole rings is 1. The molecule has 0 aliphatic carbocycles. The average Bonchev–Trinajstić information content (AvgIpc) is 3.02. The van der Waals surface area contributed by atoms with Crippen molar-refractivity contribution in [1.29, 1.82) is 0 Å². The highest BCUT2D eigenvalue weighted by atomic mass is 32.1. The second kappa shape index (κ2) is 5.38. The Kier molecular flexibility index (Phi) is 3.42. The van der Waals surface area contributed by atoms with E-state index in [1.807, 2.05) is 5.38 Å². The van der Waals surface area contributed by atoms with E-state index < -0.39 is 0 Å². The number of hydrogen-bond acceptors (Lipinski definition) is 6. The van der Waals surface area contributed by atoms with Crippen molar-refractivity contribution in [3.8, 4) is 0 Å². The summed E-state index contributed by atoms with van der Waals surface area (Å²) in [5.41, 5.74) is 7.30. The van der Waals surface area contributed by atoms with Crippen LogP contribution in [0.2, 0.25) is 0 Å². The average molecular weight is 290 g/mol. The lowest BCUT2D eigenvalue weighted by atomic mass is 10.1. The number of nitrogens with two attached hydrogens (primary N) is 1. The lowest BCUT2D eigenvalue weighted by Gasteiger charge is -1.95. The Morgan fingerprint density at radius 1 is 1.15 bits per heavy atom. The summed E-state index contributed by atoms with van der Waals surface area (Å²) in [5.74, 6) is 0.797. The Bertz CT molecular complexity index is 707. The SMILES string of the molecule is Nc1nc(Cc2nc(Cc3ccc(F)cc3)no2)cs1. The van der Waals surface area contributed by atoms with Gasteiger partial charge in [0.15, 0.2) is 11.0 Å². The number of nitrogens with zero attached hydrogens (tertiary/aromatic N) is 3. The summed E-state index contributed by atoms with van der Waals surface area (Å²) in [6.45, 7) is 0. The molecule has 0 saturated heterocycles. The van der Waals surface area contributed by atoms with Gasteiger partial charge in [0.05, 0.1) is 12.1 Å². The predicted molar refractivity (Wildman–Crippen MR) is 72.8 cm³/mol. The van der Waals surface area contributed by atoms with Crippen LogP contribution in [0.1, 0.15) is 23.0 Å². The molecule has 3 aromatic rings. The second-order valence-electron chi connectivity index (χ2n) is 4.26. The monoisotopic (exact) mass is 290 g/mol. The molecule has 0 radical (unpaired) electrons. The highest BCUT2D eigenvalue weighted by Crippen LogP contribution is 2.15. The van der Waals surface area contributed by atoms with Crippen LogP contribution in [0.3, 0.4) is 0 Å². The second-order valence-corrected chi connectivity index (χ2v) is 5.15. The summed E-state index contributed by atoms with van der Waals surface area (Å²) in [4.78, 5) is 8.42. The number of anilines is 1. The molecule has 2 N–H and O–H groups in total. The molecule has 0 fully saturated rings. The van der Waals surface area contributed by atoms with Crippen molar-refractivity contribution in [1.82, 2.24) is 15.1 Å². The molecule has 2 heterocycles. The van der Waals surface area contributed by atoms with Crippen LogP contribution < -0.4 is 5.73 Å². The largest absolute Gasteiger partial charge is 0.375 e. The standard InChI is InChI=1S/C13H11FN4OS/c14-9-3-1-8(2-4-9)5-11-17-12(19-18-11)6-10-7-20-13(15)16-10/h1-4,7H,5-6H2,(H2,15,16). The first-order valence-corrected chi connectivity index (χ1v) is 6.83. The Balaban J connectivity index is 1.68. The number of aromatic nitrogens is 3. The fourth-order valence-electron chi connectivity index (χ4n) is 1.78. The lowest BCUT2D eigenvalue weighted by Crippen LogP contribution is -1.93. The quantitative estimate of drug-likeness (QED) is 0.798. The number of nitrogen functional groups attached to an aromatic ring is 1. The Morgan fingerprint density at radius 3 is 2.65 bits per heavy atom. The van der Waals surface area contributed by atoms with Crippen molar-refractivity contribution in [3.05, 3.63) is 58.4 Å². The molecule has 1 aromatic carbocycles. The van der Waals surface area contributed by atoms with E-state index in [1.165, 1.54) is 23.5 Å². The molecule has 2 aromatic heterocycles. The smallest absolute Gasteiger partial charge is 0.232 e. The molecule has 0 atom stereocenters. The third-order valence-corrected chi connectivity index (χ3v) is 3.41. The van der Waals surface area contributed by atoms with Crippen molar-refractivity contribution in [2.75, 3.05) is 5.73 Å². The summed E-state index contributed by atoms with van der Waals surface area (Å²) in [6.07, 6.45) is 0.965. The molecule has 3 rings (SSSR count). The zero-order valence-electron chi connectivity index (χ0n) is 10.4. The van der Waals surface area contributed by atoms with Gasteiger partial charge < -0.3 is 10.3 Å². The minimum absolute atomic E-state index is 0.260. The van der Waals surface area contributed by atoms with E-state index in [9.17, 15) is 4.39 Å². The summed E-state index contributed by atoms with van der Waals surface area (Å²) in [6, 6.07) is 6.22. The summed E-state index contributed by atoms with van der Waals surface area (Å²) in [5, 5.41) is 6.28. The van der Waals surface area contributed by atoms with Crippen molar-refractivity contribution >= 4 is 16.5 Å². The van der Waals surface area contributed by atoms with Crippen LogP contribution in [0.25, 0.3) is 0 Å². The third-order valence-electron chi connectivity index (χ3n) is 2.69. The fraction of sp³-hybridized carbons (Fsp3) is 0.154.